The van der Waals surface area contributed by atoms with Crippen LogP contribution in [-0.4, -0.2) is 31.9 Å². The Balaban J connectivity index is 2.18. The predicted octanol–water partition coefficient (Wildman–Crippen LogP) is 2.79. The summed E-state index contributed by atoms with van der Waals surface area (Å²) in [6.07, 6.45) is 3.99. The first-order valence-electron chi connectivity index (χ1n) is 7.12. The average molecular weight is 329 g/mol. The normalized spacial score (nSPS) is 15.4. The average Bonchev–Trinajstić information content (AvgIpc) is 3.27. The summed E-state index contributed by atoms with van der Waals surface area (Å²) in [6.45, 7) is 6.76. The first-order chi connectivity index (χ1) is 9.98. The highest BCUT2D eigenvalue weighted by Gasteiger charge is 2.23. The Morgan fingerprint density at radius 2 is 2.19 bits per heavy atom. The number of sulfonamides is 1. The van der Waals surface area contributed by atoms with Crippen LogP contribution in [-0.2, 0) is 16.6 Å². The standard InChI is InChI=1S/C15H21ClN2O2S/c1-3-9-18(4-2)21(19,20)14-8-5-12(15(16)10-14)11-17-13-6-7-13/h3,5,8,10,13,17H,1,4,6-7,9,11H2,2H3. The number of hydrogen-bond donors (Lipinski definition) is 1. The van der Waals surface area contributed by atoms with E-state index in [4.69, 9.17) is 11.6 Å². The summed E-state index contributed by atoms with van der Waals surface area (Å²) in [7, 11) is -3.51. The molecular weight excluding hydrogens is 308 g/mol. The third-order valence-electron chi connectivity index (χ3n) is 3.51. The number of nitrogens with one attached hydrogen (secondary N) is 1. The molecule has 4 nitrogen and oxygen atoms in total. The van der Waals surface area contributed by atoms with Crippen LogP contribution >= 0.6 is 11.6 Å². The zero-order chi connectivity index (χ0) is 15.5. The first-order valence-corrected chi connectivity index (χ1v) is 8.93. The minimum atomic E-state index is -3.51. The van der Waals surface area contributed by atoms with Gasteiger partial charge in [-0.1, -0.05) is 30.7 Å². The van der Waals surface area contributed by atoms with Crippen LogP contribution in [0.25, 0.3) is 0 Å². The van der Waals surface area contributed by atoms with Crippen molar-refractivity contribution in [2.75, 3.05) is 13.1 Å². The molecule has 0 radical (unpaired) electrons. The van der Waals surface area contributed by atoms with Gasteiger partial charge in [0.2, 0.25) is 10.0 Å². The van der Waals surface area contributed by atoms with E-state index in [9.17, 15) is 8.42 Å². The second-order valence-corrected chi connectivity index (χ2v) is 7.50. The van der Waals surface area contributed by atoms with Crippen molar-refractivity contribution in [2.45, 2.75) is 37.2 Å². The summed E-state index contributed by atoms with van der Waals surface area (Å²) in [4.78, 5) is 0.228. The molecule has 0 heterocycles. The molecule has 2 rings (SSSR count). The van der Waals surface area contributed by atoms with Gasteiger partial charge in [0.15, 0.2) is 0 Å². The van der Waals surface area contributed by atoms with Gasteiger partial charge in [-0.2, -0.15) is 4.31 Å². The summed E-state index contributed by atoms with van der Waals surface area (Å²) in [5, 5.41) is 3.85. The lowest BCUT2D eigenvalue weighted by Crippen LogP contribution is -2.31. The van der Waals surface area contributed by atoms with Gasteiger partial charge in [-0.05, 0) is 30.5 Å². The Hall–Kier alpha value is -0.880. The molecule has 21 heavy (non-hydrogen) atoms. The number of likely N-dealkylation sites (N-methyl/N-ethyl adjacent to an activating group) is 1. The zero-order valence-electron chi connectivity index (χ0n) is 12.2. The maximum absolute atomic E-state index is 12.5. The number of hydrogen-bond acceptors (Lipinski definition) is 3. The Labute approximate surface area is 131 Å². The van der Waals surface area contributed by atoms with E-state index in [0.29, 0.717) is 30.7 Å². The highest BCUT2D eigenvalue weighted by molar-refractivity contribution is 7.89. The van der Waals surface area contributed by atoms with Crippen LogP contribution in [0, 0.1) is 0 Å². The van der Waals surface area contributed by atoms with Crippen LogP contribution in [0.5, 0.6) is 0 Å². The van der Waals surface area contributed by atoms with E-state index >= 15 is 0 Å². The topological polar surface area (TPSA) is 49.4 Å². The van der Waals surface area contributed by atoms with Crippen LogP contribution < -0.4 is 5.32 Å². The largest absolute Gasteiger partial charge is 0.310 e. The molecule has 0 unspecified atom stereocenters. The van der Waals surface area contributed by atoms with Gasteiger partial charge in [0.1, 0.15) is 0 Å². The van der Waals surface area contributed by atoms with Gasteiger partial charge >= 0.3 is 0 Å². The Bertz CT molecular complexity index is 612. The molecule has 1 aliphatic rings. The highest BCUT2D eigenvalue weighted by atomic mass is 35.5. The van der Waals surface area contributed by atoms with E-state index in [2.05, 4.69) is 11.9 Å². The quantitative estimate of drug-likeness (QED) is 0.746. The van der Waals surface area contributed by atoms with Crippen molar-refractivity contribution in [1.82, 2.24) is 9.62 Å². The van der Waals surface area contributed by atoms with Gasteiger partial charge in [-0.3, -0.25) is 0 Å². The van der Waals surface area contributed by atoms with Gasteiger partial charge in [-0.15, -0.1) is 6.58 Å². The zero-order valence-corrected chi connectivity index (χ0v) is 13.8. The predicted molar refractivity (Wildman–Crippen MR) is 85.9 cm³/mol. The number of benzene rings is 1. The number of rotatable bonds is 8. The summed E-state index contributed by atoms with van der Waals surface area (Å²) in [5.41, 5.74) is 0.925. The molecule has 0 aliphatic heterocycles. The minimum absolute atomic E-state index is 0.228. The van der Waals surface area contributed by atoms with Crippen molar-refractivity contribution in [3.63, 3.8) is 0 Å². The van der Waals surface area contributed by atoms with E-state index in [1.165, 1.54) is 23.2 Å². The molecule has 0 spiro atoms. The minimum Gasteiger partial charge on any atom is -0.310 e. The van der Waals surface area contributed by atoms with Crippen molar-refractivity contribution in [2.24, 2.45) is 0 Å². The van der Waals surface area contributed by atoms with E-state index < -0.39 is 10.0 Å². The van der Waals surface area contributed by atoms with Crippen LogP contribution in [0.1, 0.15) is 25.3 Å². The molecule has 0 aromatic heterocycles. The third kappa shape index (κ3) is 4.07. The maximum atomic E-state index is 12.5. The van der Waals surface area contributed by atoms with Crippen LogP contribution in [0.4, 0.5) is 0 Å². The fourth-order valence-corrected chi connectivity index (χ4v) is 3.82. The van der Waals surface area contributed by atoms with Gasteiger partial charge in [-0.25, -0.2) is 8.42 Å². The summed E-state index contributed by atoms with van der Waals surface area (Å²) >= 11 is 6.22. The van der Waals surface area contributed by atoms with Crippen LogP contribution in [0.3, 0.4) is 0 Å². The fraction of sp³-hybridized carbons (Fsp3) is 0.467. The molecule has 1 saturated carbocycles. The van der Waals surface area contributed by atoms with Gasteiger partial charge in [0, 0.05) is 30.7 Å². The van der Waals surface area contributed by atoms with Crippen molar-refractivity contribution < 1.29 is 8.42 Å². The molecule has 1 fully saturated rings. The van der Waals surface area contributed by atoms with Crippen molar-refractivity contribution in [3.8, 4) is 0 Å². The highest BCUT2D eigenvalue weighted by Crippen LogP contribution is 2.25. The smallest absolute Gasteiger partial charge is 0.243 e. The lowest BCUT2D eigenvalue weighted by molar-refractivity contribution is 0.460. The number of nitrogens with zero attached hydrogens (tertiary/aromatic N) is 1. The molecule has 116 valence electrons. The van der Waals surface area contributed by atoms with Crippen molar-refractivity contribution >= 4 is 21.6 Å². The monoisotopic (exact) mass is 328 g/mol. The lowest BCUT2D eigenvalue weighted by atomic mass is 10.2. The Kier molecular flexibility index (Phi) is 5.43. The van der Waals surface area contributed by atoms with Crippen LogP contribution in [0.15, 0.2) is 35.7 Å². The second-order valence-electron chi connectivity index (χ2n) is 5.15. The van der Waals surface area contributed by atoms with E-state index in [0.717, 1.165) is 5.56 Å². The second kappa shape index (κ2) is 6.92. The molecular formula is C15H21ClN2O2S. The Morgan fingerprint density at radius 1 is 1.48 bits per heavy atom. The molecule has 1 aromatic rings. The van der Waals surface area contributed by atoms with E-state index in [1.807, 2.05) is 0 Å². The number of halogens is 1. The maximum Gasteiger partial charge on any atom is 0.243 e. The molecule has 1 aromatic carbocycles. The lowest BCUT2D eigenvalue weighted by Gasteiger charge is -2.19. The summed E-state index contributed by atoms with van der Waals surface area (Å²) < 4.78 is 26.4. The summed E-state index contributed by atoms with van der Waals surface area (Å²) in [5.74, 6) is 0. The van der Waals surface area contributed by atoms with Crippen molar-refractivity contribution in [1.29, 1.82) is 0 Å². The molecule has 0 saturated heterocycles. The third-order valence-corrected chi connectivity index (χ3v) is 5.79. The van der Waals surface area contributed by atoms with E-state index in [1.54, 1.807) is 25.1 Å². The van der Waals surface area contributed by atoms with Gasteiger partial charge < -0.3 is 5.32 Å². The molecule has 0 amide bonds. The molecule has 0 atom stereocenters. The van der Waals surface area contributed by atoms with Gasteiger partial charge in [0.05, 0.1) is 4.90 Å². The summed E-state index contributed by atoms with van der Waals surface area (Å²) in [6, 6.07) is 5.53. The Morgan fingerprint density at radius 3 is 2.71 bits per heavy atom. The molecule has 6 heteroatoms. The molecule has 1 aliphatic carbocycles. The first kappa shape index (κ1) is 16.5. The van der Waals surface area contributed by atoms with Crippen LogP contribution in [0.2, 0.25) is 5.02 Å². The van der Waals surface area contributed by atoms with E-state index in [-0.39, 0.29) is 4.90 Å². The SMILES string of the molecule is C=CCN(CC)S(=O)(=O)c1ccc(CNC2CC2)c(Cl)c1. The molecule has 1 N–H and O–H groups in total. The van der Waals surface area contributed by atoms with Crippen molar-refractivity contribution in [3.05, 3.63) is 41.4 Å². The molecule has 0 bridgehead atoms. The fourth-order valence-electron chi connectivity index (χ4n) is 2.06. The van der Waals surface area contributed by atoms with Gasteiger partial charge in [0.25, 0.3) is 0 Å².